The van der Waals surface area contributed by atoms with Gasteiger partial charge < -0.3 is 15.2 Å². The maximum absolute atomic E-state index is 13.3. The molecular formula is C27H21FN10O2. The van der Waals surface area contributed by atoms with E-state index in [4.69, 9.17) is 9.78 Å². The fraction of sp³-hybridized carbons (Fsp3) is 0.148. The molecule has 1 amide bonds. The first-order valence-corrected chi connectivity index (χ1v) is 12.0. The van der Waals surface area contributed by atoms with E-state index in [2.05, 4.69) is 45.7 Å². The molecule has 0 aliphatic carbocycles. The molecule has 13 heteroatoms. The van der Waals surface area contributed by atoms with Gasteiger partial charge in [-0.3, -0.25) is 14.8 Å². The first kappa shape index (κ1) is 26.0. The van der Waals surface area contributed by atoms with Crippen molar-refractivity contribution in [3.05, 3.63) is 89.3 Å². The number of rotatable bonds is 7. The molecule has 2 N–H and O–H groups in total. The van der Waals surface area contributed by atoms with Gasteiger partial charge in [-0.05, 0) is 61.8 Å². The SMILES string of the molecule is Cc1cc(Nc2noc(C#N)n2)nc(-c2ccc(C(=O)NC(C)c3ccc(-c4ccc(F)nc4C)nc3)nc2)n1. The number of amides is 1. The molecule has 40 heavy (non-hydrogen) atoms. The molecule has 0 bridgehead atoms. The van der Waals surface area contributed by atoms with Gasteiger partial charge in [-0.25, -0.2) is 15.0 Å². The normalized spacial score (nSPS) is 11.5. The van der Waals surface area contributed by atoms with Crippen molar-refractivity contribution in [2.45, 2.75) is 26.8 Å². The number of carbonyl (C=O) groups is 1. The number of anilines is 2. The molecule has 0 fully saturated rings. The minimum atomic E-state index is -0.541. The van der Waals surface area contributed by atoms with Gasteiger partial charge in [0.15, 0.2) is 11.9 Å². The van der Waals surface area contributed by atoms with Crippen molar-refractivity contribution in [3.8, 4) is 28.7 Å². The van der Waals surface area contributed by atoms with E-state index >= 15 is 0 Å². The summed E-state index contributed by atoms with van der Waals surface area (Å²) in [5.41, 5.74) is 4.20. The Hall–Kier alpha value is -5.64. The number of nitrogens with zero attached hydrogens (tertiary/aromatic N) is 8. The second kappa shape index (κ2) is 11.0. The number of hydrogen-bond acceptors (Lipinski definition) is 11. The van der Waals surface area contributed by atoms with Gasteiger partial charge in [-0.2, -0.15) is 14.6 Å². The van der Waals surface area contributed by atoms with E-state index < -0.39 is 5.95 Å². The van der Waals surface area contributed by atoms with Crippen LogP contribution in [0.2, 0.25) is 0 Å². The molecule has 0 spiro atoms. The van der Waals surface area contributed by atoms with Gasteiger partial charge in [-0.15, -0.1) is 0 Å². The number of aromatic nitrogens is 7. The molecule has 0 aliphatic rings. The van der Waals surface area contributed by atoms with Crippen LogP contribution in [0.25, 0.3) is 22.6 Å². The van der Waals surface area contributed by atoms with E-state index in [1.54, 1.807) is 56.4 Å². The smallest absolute Gasteiger partial charge is 0.330 e. The van der Waals surface area contributed by atoms with Crippen LogP contribution >= 0.6 is 0 Å². The molecule has 0 saturated carbocycles. The monoisotopic (exact) mass is 536 g/mol. The number of hydrogen-bond donors (Lipinski definition) is 2. The van der Waals surface area contributed by atoms with Crippen molar-refractivity contribution in [3.63, 3.8) is 0 Å². The van der Waals surface area contributed by atoms with Crippen molar-refractivity contribution in [2.75, 3.05) is 5.32 Å². The summed E-state index contributed by atoms with van der Waals surface area (Å²) in [7, 11) is 0. The molecule has 5 rings (SSSR count). The number of halogens is 1. The highest BCUT2D eigenvalue weighted by Gasteiger charge is 2.15. The van der Waals surface area contributed by atoms with Crippen molar-refractivity contribution in [2.24, 2.45) is 0 Å². The Bertz CT molecular complexity index is 1730. The average molecular weight is 537 g/mol. The van der Waals surface area contributed by atoms with Gasteiger partial charge in [0.1, 0.15) is 11.5 Å². The van der Waals surface area contributed by atoms with E-state index in [1.807, 2.05) is 13.0 Å². The first-order valence-electron chi connectivity index (χ1n) is 12.0. The third-order valence-electron chi connectivity index (χ3n) is 5.83. The van der Waals surface area contributed by atoms with Crippen molar-refractivity contribution in [1.82, 2.24) is 40.4 Å². The highest BCUT2D eigenvalue weighted by molar-refractivity contribution is 5.92. The summed E-state index contributed by atoms with van der Waals surface area (Å²) in [5.74, 6) is -0.217. The van der Waals surface area contributed by atoms with E-state index in [0.29, 0.717) is 34.3 Å². The number of nitriles is 1. The van der Waals surface area contributed by atoms with Gasteiger partial charge in [0, 0.05) is 41.0 Å². The number of aryl methyl sites for hydroxylation is 2. The largest absolute Gasteiger partial charge is 0.344 e. The summed E-state index contributed by atoms with van der Waals surface area (Å²) in [6.45, 7) is 5.35. The van der Waals surface area contributed by atoms with E-state index in [0.717, 1.165) is 11.1 Å². The Morgan fingerprint density at radius 1 is 1.02 bits per heavy atom. The summed E-state index contributed by atoms with van der Waals surface area (Å²) >= 11 is 0. The Morgan fingerprint density at radius 2 is 1.88 bits per heavy atom. The van der Waals surface area contributed by atoms with Crippen LogP contribution in [-0.4, -0.2) is 41.0 Å². The van der Waals surface area contributed by atoms with Gasteiger partial charge in [-0.1, -0.05) is 6.07 Å². The fourth-order valence-corrected chi connectivity index (χ4v) is 3.83. The van der Waals surface area contributed by atoms with Gasteiger partial charge in [0.05, 0.1) is 11.7 Å². The molecule has 1 atom stereocenters. The van der Waals surface area contributed by atoms with Crippen LogP contribution in [0, 0.1) is 31.1 Å². The van der Waals surface area contributed by atoms with Crippen LogP contribution in [0.15, 0.2) is 59.4 Å². The maximum atomic E-state index is 13.3. The molecule has 0 aromatic carbocycles. The van der Waals surface area contributed by atoms with Gasteiger partial charge in [0.25, 0.3) is 11.9 Å². The summed E-state index contributed by atoms with van der Waals surface area (Å²) in [6, 6.07) is 13.0. The van der Waals surface area contributed by atoms with Crippen molar-refractivity contribution >= 4 is 17.7 Å². The molecule has 5 aromatic rings. The summed E-state index contributed by atoms with van der Waals surface area (Å²) < 4.78 is 18.1. The van der Waals surface area contributed by atoms with Crippen LogP contribution in [0.4, 0.5) is 16.2 Å². The molecule has 5 aromatic heterocycles. The van der Waals surface area contributed by atoms with Crippen LogP contribution < -0.4 is 10.6 Å². The highest BCUT2D eigenvalue weighted by Crippen LogP contribution is 2.23. The lowest BCUT2D eigenvalue weighted by molar-refractivity contribution is 0.0935. The third kappa shape index (κ3) is 5.76. The first-order chi connectivity index (χ1) is 19.3. The number of carbonyl (C=O) groups excluding carboxylic acids is 1. The summed E-state index contributed by atoms with van der Waals surface area (Å²) in [5, 5.41) is 18.3. The number of nitrogens with one attached hydrogen (secondary N) is 2. The molecule has 5 heterocycles. The van der Waals surface area contributed by atoms with Gasteiger partial charge >= 0.3 is 5.89 Å². The Labute approximate surface area is 227 Å². The summed E-state index contributed by atoms with van der Waals surface area (Å²) in [6.07, 6.45) is 3.17. The molecule has 0 aliphatic heterocycles. The lowest BCUT2D eigenvalue weighted by Gasteiger charge is -2.14. The lowest BCUT2D eigenvalue weighted by atomic mass is 10.1. The minimum absolute atomic E-state index is 0.0901. The Balaban J connectivity index is 1.25. The quantitative estimate of drug-likeness (QED) is 0.285. The topological polar surface area (TPSA) is 168 Å². The molecule has 1 unspecified atom stereocenters. The Kier molecular flexibility index (Phi) is 7.14. The Morgan fingerprint density at radius 3 is 2.55 bits per heavy atom. The van der Waals surface area contributed by atoms with Crippen molar-refractivity contribution in [1.29, 1.82) is 5.26 Å². The molecule has 12 nitrogen and oxygen atoms in total. The predicted molar refractivity (Wildman–Crippen MR) is 140 cm³/mol. The number of pyridine rings is 3. The fourth-order valence-electron chi connectivity index (χ4n) is 3.83. The predicted octanol–water partition coefficient (Wildman–Crippen LogP) is 4.24. The molecule has 0 saturated heterocycles. The van der Waals surface area contributed by atoms with Crippen LogP contribution in [0.5, 0.6) is 0 Å². The lowest BCUT2D eigenvalue weighted by Crippen LogP contribution is -2.27. The second-order valence-electron chi connectivity index (χ2n) is 8.75. The van der Waals surface area contributed by atoms with E-state index in [1.165, 1.54) is 12.3 Å². The highest BCUT2D eigenvalue weighted by atomic mass is 19.1. The molecule has 198 valence electrons. The van der Waals surface area contributed by atoms with E-state index in [-0.39, 0.29) is 29.5 Å². The second-order valence-corrected chi connectivity index (χ2v) is 8.75. The van der Waals surface area contributed by atoms with Crippen LogP contribution in [0.1, 0.15) is 46.3 Å². The average Bonchev–Trinajstić information content (AvgIpc) is 3.40. The minimum Gasteiger partial charge on any atom is -0.344 e. The third-order valence-corrected chi connectivity index (χ3v) is 5.83. The maximum Gasteiger partial charge on any atom is 0.330 e. The van der Waals surface area contributed by atoms with Crippen molar-refractivity contribution < 1.29 is 13.7 Å². The van der Waals surface area contributed by atoms with E-state index in [9.17, 15) is 9.18 Å². The van der Waals surface area contributed by atoms with Crippen LogP contribution in [-0.2, 0) is 0 Å². The van der Waals surface area contributed by atoms with Crippen LogP contribution in [0.3, 0.4) is 0 Å². The molecular weight excluding hydrogens is 515 g/mol. The standard InChI is InChI=1S/C27H21FN10O2/c1-14-10-23(36-27-37-24(11-29)40-38-27)35-25(32-14)18-5-8-21(31-13-18)26(39)34-15(2)17-4-7-20(30-12-17)19-6-9-22(28)33-16(19)3/h4-10,12-13,15H,1-3H3,(H,34,39)(H,32,35,36,38). The zero-order valence-electron chi connectivity index (χ0n) is 21.5. The van der Waals surface area contributed by atoms with Gasteiger partial charge in [0.2, 0.25) is 5.95 Å². The molecule has 0 radical (unpaired) electrons. The zero-order chi connectivity index (χ0) is 28.2. The summed E-state index contributed by atoms with van der Waals surface area (Å²) in [4.78, 5) is 38.2. The zero-order valence-corrected chi connectivity index (χ0v) is 21.5.